The number of aromatic nitrogens is 1. The first-order valence-corrected chi connectivity index (χ1v) is 8.29. The van der Waals surface area contributed by atoms with Gasteiger partial charge >= 0.3 is 0 Å². The van der Waals surface area contributed by atoms with Gasteiger partial charge in [-0.25, -0.2) is 0 Å². The van der Waals surface area contributed by atoms with Crippen molar-refractivity contribution in [1.29, 1.82) is 0 Å². The van der Waals surface area contributed by atoms with E-state index in [-0.39, 0.29) is 11.9 Å². The van der Waals surface area contributed by atoms with Crippen molar-refractivity contribution in [2.75, 3.05) is 14.2 Å². The van der Waals surface area contributed by atoms with Crippen LogP contribution in [0.4, 0.5) is 0 Å². The van der Waals surface area contributed by atoms with Crippen molar-refractivity contribution >= 4 is 12.0 Å². The third kappa shape index (κ3) is 4.38. The lowest BCUT2D eigenvalue weighted by Crippen LogP contribution is -2.42. The third-order valence-electron chi connectivity index (χ3n) is 4.47. The maximum atomic E-state index is 12.0. The summed E-state index contributed by atoms with van der Waals surface area (Å²) in [6.07, 6.45) is 8.53. The van der Waals surface area contributed by atoms with Crippen LogP contribution in [0, 0.1) is 0 Å². The highest BCUT2D eigenvalue weighted by Gasteiger charge is 2.30. The summed E-state index contributed by atoms with van der Waals surface area (Å²) in [4.78, 5) is 16.1. The summed E-state index contributed by atoms with van der Waals surface area (Å²) in [7, 11) is 3.26. The molecule has 1 heterocycles. The fourth-order valence-corrected chi connectivity index (χ4v) is 2.94. The zero-order valence-corrected chi connectivity index (χ0v) is 14.4. The summed E-state index contributed by atoms with van der Waals surface area (Å²) in [6.45, 7) is 0. The Bertz CT molecular complexity index is 750. The second-order valence-electron chi connectivity index (χ2n) is 6.14. The molecule has 5 nitrogen and oxygen atoms in total. The molecular weight excluding hydrogens is 316 g/mol. The van der Waals surface area contributed by atoms with Gasteiger partial charge < -0.3 is 14.8 Å². The lowest BCUT2D eigenvalue weighted by atomic mass is 9.76. The molecule has 0 radical (unpaired) electrons. The Balaban J connectivity index is 1.47. The first kappa shape index (κ1) is 17.0. The standard InChI is InChI=1S/C20H22N2O3/c1-24-18-6-4-15(5-7-18)16-10-17(11-16)22-20(23)8-3-14-9-19(25-2)13-21-12-14/h3-9,12-13,16-17H,10-11H2,1-2H3,(H,22,23)/b8-3+. The molecule has 0 bridgehead atoms. The van der Waals surface area contributed by atoms with Crippen LogP contribution >= 0.6 is 0 Å². The van der Waals surface area contributed by atoms with E-state index in [4.69, 9.17) is 9.47 Å². The molecule has 0 saturated heterocycles. The van der Waals surface area contributed by atoms with E-state index < -0.39 is 0 Å². The first-order chi connectivity index (χ1) is 12.2. The average molecular weight is 338 g/mol. The molecule has 2 aromatic rings. The molecule has 1 aliphatic carbocycles. The molecule has 1 amide bonds. The van der Waals surface area contributed by atoms with Gasteiger partial charge in [-0.1, -0.05) is 12.1 Å². The van der Waals surface area contributed by atoms with Gasteiger partial charge in [-0.15, -0.1) is 0 Å². The van der Waals surface area contributed by atoms with E-state index in [0.717, 1.165) is 24.2 Å². The molecule has 3 rings (SSSR count). The zero-order chi connectivity index (χ0) is 17.6. The van der Waals surface area contributed by atoms with Crippen LogP contribution in [0.5, 0.6) is 11.5 Å². The average Bonchev–Trinajstić information content (AvgIpc) is 2.63. The number of nitrogens with one attached hydrogen (secondary N) is 1. The highest BCUT2D eigenvalue weighted by Crippen LogP contribution is 2.37. The SMILES string of the molecule is COc1ccc(C2CC(NC(=O)/C=C/c3cncc(OC)c3)C2)cc1. The number of rotatable bonds is 6. The number of hydrogen-bond acceptors (Lipinski definition) is 4. The molecule has 0 atom stereocenters. The van der Waals surface area contributed by atoms with Gasteiger partial charge in [0.1, 0.15) is 11.5 Å². The van der Waals surface area contributed by atoms with Gasteiger partial charge in [0.15, 0.2) is 0 Å². The number of carbonyl (C=O) groups excluding carboxylic acids is 1. The molecule has 25 heavy (non-hydrogen) atoms. The number of amides is 1. The Kier molecular flexibility index (Phi) is 5.33. The molecule has 0 aliphatic heterocycles. The number of pyridine rings is 1. The molecule has 1 aliphatic rings. The van der Waals surface area contributed by atoms with Gasteiger partial charge in [-0.05, 0) is 54.2 Å². The van der Waals surface area contributed by atoms with Gasteiger partial charge in [0, 0.05) is 18.3 Å². The van der Waals surface area contributed by atoms with Crippen molar-refractivity contribution in [2.45, 2.75) is 24.8 Å². The van der Waals surface area contributed by atoms with E-state index in [2.05, 4.69) is 22.4 Å². The molecule has 1 aromatic carbocycles. The summed E-state index contributed by atoms with van der Waals surface area (Å²) in [5.41, 5.74) is 2.13. The van der Waals surface area contributed by atoms with Gasteiger partial charge in [-0.2, -0.15) is 0 Å². The van der Waals surface area contributed by atoms with Crippen LogP contribution in [0.3, 0.4) is 0 Å². The van der Waals surface area contributed by atoms with E-state index in [1.54, 1.807) is 32.7 Å². The molecular formula is C20H22N2O3. The molecule has 1 aromatic heterocycles. The van der Waals surface area contributed by atoms with E-state index in [1.165, 1.54) is 11.6 Å². The largest absolute Gasteiger partial charge is 0.497 e. The second-order valence-corrected chi connectivity index (χ2v) is 6.14. The number of nitrogens with zero attached hydrogens (tertiary/aromatic N) is 1. The lowest BCUT2D eigenvalue weighted by Gasteiger charge is -2.36. The van der Waals surface area contributed by atoms with Gasteiger partial charge in [0.05, 0.1) is 20.4 Å². The smallest absolute Gasteiger partial charge is 0.244 e. The van der Waals surface area contributed by atoms with E-state index in [9.17, 15) is 4.79 Å². The quantitative estimate of drug-likeness (QED) is 0.822. The molecule has 1 fully saturated rings. The number of benzene rings is 1. The number of methoxy groups -OCH3 is 2. The highest BCUT2D eigenvalue weighted by molar-refractivity contribution is 5.92. The fourth-order valence-electron chi connectivity index (χ4n) is 2.94. The second kappa shape index (κ2) is 7.83. The Hall–Kier alpha value is -2.82. The predicted octanol–water partition coefficient (Wildman–Crippen LogP) is 3.17. The fraction of sp³-hybridized carbons (Fsp3) is 0.300. The molecule has 1 N–H and O–H groups in total. The minimum Gasteiger partial charge on any atom is -0.497 e. The molecule has 1 saturated carbocycles. The maximum Gasteiger partial charge on any atom is 0.244 e. The van der Waals surface area contributed by atoms with Crippen LogP contribution < -0.4 is 14.8 Å². The minimum absolute atomic E-state index is 0.0824. The van der Waals surface area contributed by atoms with Crippen LogP contribution in [0.1, 0.15) is 29.9 Å². The number of ether oxygens (including phenoxy) is 2. The summed E-state index contributed by atoms with van der Waals surface area (Å²) in [5, 5.41) is 3.04. The Morgan fingerprint density at radius 1 is 1.12 bits per heavy atom. The Morgan fingerprint density at radius 2 is 1.84 bits per heavy atom. The van der Waals surface area contributed by atoms with Crippen molar-refractivity contribution in [3.05, 3.63) is 59.9 Å². The van der Waals surface area contributed by atoms with Crippen LogP contribution in [0.2, 0.25) is 0 Å². The normalized spacial score (nSPS) is 19.3. The summed E-state index contributed by atoms with van der Waals surface area (Å²) in [6, 6.07) is 10.2. The summed E-state index contributed by atoms with van der Waals surface area (Å²) in [5.74, 6) is 1.96. The Labute approximate surface area is 147 Å². The maximum absolute atomic E-state index is 12.0. The number of carbonyl (C=O) groups is 1. The van der Waals surface area contributed by atoms with Gasteiger partial charge in [0.25, 0.3) is 0 Å². The molecule has 130 valence electrons. The van der Waals surface area contributed by atoms with Crippen molar-refractivity contribution in [2.24, 2.45) is 0 Å². The van der Waals surface area contributed by atoms with Crippen LogP contribution in [0.15, 0.2) is 48.8 Å². The first-order valence-electron chi connectivity index (χ1n) is 8.29. The summed E-state index contributed by atoms with van der Waals surface area (Å²) >= 11 is 0. The molecule has 0 spiro atoms. The van der Waals surface area contributed by atoms with E-state index in [0.29, 0.717) is 11.7 Å². The van der Waals surface area contributed by atoms with E-state index in [1.807, 2.05) is 18.2 Å². The summed E-state index contributed by atoms with van der Waals surface area (Å²) < 4.78 is 10.3. The van der Waals surface area contributed by atoms with Gasteiger partial charge in [0.2, 0.25) is 5.91 Å². The van der Waals surface area contributed by atoms with Crippen molar-refractivity contribution in [3.63, 3.8) is 0 Å². The zero-order valence-electron chi connectivity index (χ0n) is 14.4. The van der Waals surface area contributed by atoms with Crippen molar-refractivity contribution in [3.8, 4) is 11.5 Å². The van der Waals surface area contributed by atoms with E-state index >= 15 is 0 Å². The van der Waals surface area contributed by atoms with Crippen molar-refractivity contribution in [1.82, 2.24) is 10.3 Å². The van der Waals surface area contributed by atoms with Crippen LogP contribution in [-0.2, 0) is 4.79 Å². The van der Waals surface area contributed by atoms with Gasteiger partial charge in [-0.3, -0.25) is 9.78 Å². The minimum atomic E-state index is -0.0824. The highest BCUT2D eigenvalue weighted by atomic mass is 16.5. The Morgan fingerprint density at radius 3 is 2.52 bits per heavy atom. The molecule has 0 unspecified atom stereocenters. The number of hydrogen-bond donors (Lipinski definition) is 1. The van der Waals surface area contributed by atoms with Crippen LogP contribution in [0.25, 0.3) is 6.08 Å². The van der Waals surface area contributed by atoms with Crippen molar-refractivity contribution < 1.29 is 14.3 Å². The third-order valence-corrected chi connectivity index (χ3v) is 4.47. The topological polar surface area (TPSA) is 60.5 Å². The monoisotopic (exact) mass is 338 g/mol. The lowest BCUT2D eigenvalue weighted by molar-refractivity contribution is -0.117. The predicted molar refractivity (Wildman–Crippen MR) is 96.7 cm³/mol. The molecule has 5 heteroatoms. The van der Waals surface area contributed by atoms with Crippen LogP contribution in [-0.4, -0.2) is 31.2 Å².